The zero-order chi connectivity index (χ0) is 18.4. The average Bonchev–Trinajstić information content (AvgIpc) is 2.72. The first kappa shape index (κ1) is 18.4. The summed E-state index contributed by atoms with van der Waals surface area (Å²) in [7, 11) is 1.55. The van der Waals surface area contributed by atoms with E-state index < -0.39 is 0 Å². The Labute approximate surface area is 153 Å². The van der Waals surface area contributed by atoms with Gasteiger partial charge in [-0.2, -0.15) is 5.26 Å². The molecule has 0 radical (unpaired) electrons. The van der Waals surface area contributed by atoms with Crippen molar-refractivity contribution in [1.82, 2.24) is 0 Å². The number of hydrogen-bond acceptors (Lipinski definition) is 5. The van der Waals surface area contributed by atoms with Gasteiger partial charge in [0.25, 0.3) is 0 Å². The minimum Gasteiger partial charge on any atom is -0.495 e. The average molecular weight is 353 g/mol. The van der Waals surface area contributed by atoms with Crippen LogP contribution in [0.5, 0.6) is 5.75 Å². The Morgan fingerprint density at radius 3 is 2.58 bits per heavy atom. The van der Waals surface area contributed by atoms with Gasteiger partial charge in [-0.3, -0.25) is 0 Å². The number of hydrogen-bond donors (Lipinski definition) is 1. The Morgan fingerprint density at radius 2 is 1.96 bits per heavy atom. The summed E-state index contributed by atoms with van der Waals surface area (Å²) in [4.78, 5) is 0. The van der Waals surface area contributed by atoms with Gasteiger partial charge in [-0.15, -0.1) is 0 Å². The van der Waals surface area contributed by atoms with Gasteiger partial charge in [0.05, 0.1) is 19.3 Å². The quantitative estimate of drug-likeness (QED) is 0.857. The summed E-state index contributed by atoms with van der Waals surface area (Å²) in [5.41, 5.74) is 3.13. The summed E-state index contributed by atoms with van der Waals surface area (Å²) in [5.74, 6) is 0.541. The number of ether oxygens (including phenoxy) is 3. The van der Waals surface area contributed by atoms with Crippen molar-refractivity contribution in [3.8, 4) is 11.8 Å². The van der Waals surface area contributed by atoms with Crippen molar-refractivity contribution in [3.05, 3.63) is 64.7 Å². The maximum atomic E-state index is 9.39. The summed E-state index contributed by atoms with van der Waals surface area (Å²) in [5, 5.41) is 18.7. The van der Waals surface area contributed by atoms with Gasteiger partial charge in [-0.05, 0) is 48.1 Å². The van der Waals surface area contributed by atoms with Crippen LogP contribution in [0.15, 0.2) is 42.5 Å². The zero-order valence-corrected chi connectivity index (χ0v) is 14.9. The van der Waals surface area contributed by atoms with Crippen LogP contribution >= 0.6 is 0 Å². The lowest BCUT2D eigenvalue weighted by Crippen LogP contribution is -2.25. The van der Waals surface area contributed by atoms with Gasteiger partial charge in [0.2, 0.25) is 0 Å². The van der Waals surface area contributed by atoms with E-state index in [-0.39, 0.29) is 19.0 Å². The predicted molar refractivity (Wildman–Crippen MR) is 96.6 cm³/mol. The molecule has 0 bridgehead atoms. The lowest BCUT2D eigenvalue weighted by molar-refractivity contribution is -0.181. The Balaban J connectivity index is 1.94. The van der Waals surface area contributed by atoms with Crippen LogP contribution in [-0.4, -0.2) is 25.1 Å². The fourth-order valence-electron chi connectivity index (χ4n) is 3.09. The highest BCUT2D eigenvalue weighted by molar-refractivity contribution is 5.47. The number of methoxy groups -OCH3 is 1. The molecule has 5 heteroatoms. The number of aliphatic hydroxyl groups is 1. The molecule has 0 aromatic heterocycles. The third-order valence-electron chi connectivity index (χ3n) is 4.54. The molecule has 2 aromatic rings. The Kier molecular flexibility index (Phi) is 6.24. The summed E-state index contributed by atoms with van der Waals surface area (Å²) in [6, 6.07) is 15.3. The fraction of sp³-hybridized carbons (Fsp3) is 0.381. The van der Waals surface area contributed by atoms with Crippen LogP contribution in [0.4, 0.5) is 0 Å². The summed E-state index contributed by atoms with van der Waals surface area (Å²) in [6.45, 7) is 0.700. The van der Waals surface area contributed by atoms with E-state index in [2.05, 4.69) is 6.07 Å². The number of benzene rings is 2. The van der Waals surface area contributed by atoms with Gasteiger partial charge in [-0.25, -0.2) is 0 Å². The fourth-order valence-corrected chi connectivity index (χ4v) is 3.09. The Bertz CT molecular complexity index is 761. The van der Waals surface area contributed by atoms with E-state index in [1.165, 1.54) is 0 Å². The molecule has 2 unspecified atom stereocenters. The number of nitrogens with zero attached hydrogens (tertiary/aromatic N) is 1. The first-order valence-electron chi connectivity index (χ1n) is 8.80. The van der Waals surface area contributed by atoms with E-state index in [1.807, 2.05) is 30.3 Å². The molecule has 5 nitrogen and oxygen atoms in total. The minimum atomic E-state index is -0.358. The van der Waals surface area contributed by atoms with E-state index in [4.69, 9.17) is 14.2 Å². The zero-order valence-electron chi connectivity index (χ0n) is 14.9. The molecule has 1 aliphatic heterocycles. The lowest BCUT2D eigenvalue weighted by atomic mass is 9.98. The van der Waals surface area contributed by atoms with Crippen molar-refractivity contribution in [2.45, 2.75) is 38.3 Å². The largest absolute Gasteiger partial charge is 0.495 e. The van der Waals surface area contributed by atoms with Gasteiger partial charge in [-0.1, -0.05) is 30.3 Å². The van der Waals surface area contributed by atoms with Crippen LogP contribution in [0.25, 0.3) is 0 Å². The first-order chi connectivity index (χ1) is 12.7. The van der Waals surface area contributed by atoms with Crippen LogP contribution < -0.4 is 4.74 Å². The highest BCUT2D eigenvalue weighted by Crippen LogP contribution is 2.32. The van der Waals surface area contributed by atoms with E-state index in [1.54, 1.807) is 19.2 Å². The van der Waals surface area contributed by atoms with Crippen LogP contribution in [0.3, 0.4) is 0 Å². The molecule has 1 N–H and O–H groups in total. The van der Waals surface area contributed by atoms with Gasteiger partial charge in [0, 0.05) is 6.61 Å². The molecule has 2 atom stereocenters. The van der Waals surface area contributed by atoms with Crippen LogP contribution in [0, 0.1) is 11.3 Å². The van der Waals surface area contributed by atoms with Crippen LogP contribution in [0.1, 0.15) is 47.6 Å². The van der Waals surface area contributed by atoms with Crippen LogP contribution in [0.2, 0.25) is 0 Å². The van der Waals surface area contributed by atoms with Crippen molar-refractivity contribution in [3.63, 3.8) is 0 Å². The topological polar surface area (TPSA) is 71.7 Å². The molecule has 2 aromatic carbocycles. The standard InChI is InChI=1S/C21H23NO4/c1-24-19-10-9-17(12-18(19)13-22)21(26-20-4-2-3-11-25-20)16-7-5-15(14-23)6-8-16/h5-10,12,20-21,23H,2-4,11,14H2,1H3. The lowest BCUT2D eigenvalue weighted by Gasteiger charge is -2.28. The molecule has 3 rings (SSSR count). The van der Waals surface area contributed by atoms with E-state index in [0.29, 0.717) is 17.9 Å². The van der Waals surface area contributed by atoms with E-state index in [0.717, 1.165) is 36.0 Å². The molecule has 1 saturated heterocycles. The van der Waals surface area contributed by atoms with Crippen molar-refractivity contribution < 1.29 is 19.3 Å². The van der Waals surface area contributed by atoms with Crippen molar-refractivity contribution in [2.24, 2.45) is 0 Å². The molecule has 136 valence electrons. The van der Waals surface area contributed by atoms with Gasteiger partial charge in [0.15, 0.2) is 6.29 Å². The summed E-state index contributed by atoms with van der Waals surface area (Å²) < 4.78 is 17.3. The van der Waals surface area contributed by atoms with Crippen molar-refractivity contribution >= 4 is 0 Å². The number of aliphatic hydroxyl groups excluding tert-OH is 1. The SMILES string of the molecule is COc1ccc(C(OC2CCCCO2)c2ccc(CO)cc2)cc1C#N. The number of rotatable bonds is 6. The maximum Gasteiger partial charge on any atom is 0.158 e. The second kappa shape index (κ2) is 8.81. The second-order valence-electron chi connectivity index (χ2n) is 6.28. The maximum absolute atomic E-state index is 9.39. The number of nitriles is 1. The molecule has 1 aliphatic rings. The van der Waals surface area contributed by atoms with Gasteiger partial charge < -0.3 is 19.3 Å². The molecule has 0 amide bonds. The molecule has 26 heavy (non-hydrogen) atoms. The first-order valence-corrected chi connectivity index (χ1v) is 8.80. The molecule has 1 heterocycles. The molecular weight excluding hydrogens is 330 g/mol. The van der Waals surface area contributed by atoms with Crippen LogP contribution in [-0.2, 0) is 16.1 Å². The van der Waals surface area contributed by atoms with E-state index >= 15 is 0 Å². The Hall–Kier alpha value is -2.39. The smallest absolute Gasteiger partial charge is 0.158 e. The third kappa shape index (κ3) is 4.23. The summed E-state index contributed by atoms with van der Waals surface area (Å²) >= 11 is 0. The predicted octanol–water partition coefficient (Wildman–Crippen LogP) is 3.69. The summed E-state index contributed by atoms with van der Waals surface area (Å²) in [6.07, 6.45) is 2.36. The second-order valence-corrected chi connectivity index (χ2v) is 6.28. The van der Waals surface area contributed by atoms with Crippen molar-refractivity contribution in [1.29, 1.82) is 5.26 Å². The third-order valence-corrected chi connectivity index (χ3v) is 4.54. The molecule has 0 spiro atoms. The monoisotopic (exact) mass is 353 g/mol. The molecular formula is C21H23NO4. The highest BCUT2D eigenvalue weighted by atomic mass is 16.7. The van der Waals surface area contributed by atoms with Gasteiger partial charge >= 0.3 is 0 Å². The minimum absolute atomic E-state index is 0.00133. The molecule has 1 fully saturated rings. The highest BCUT2D eigenvalue weighted by Gasteiger charge is 2.23. The molecule has 0 saturated carbocycles. The molecule has 0 aliphatic carbocycles. The van der Waals surface area contributed by atoms with E-state index in [9.17, 15) is 10.4 Å². The van der Waals surface area contributed by atoms with Crippen molar-refractivity contribution in [2.75, 3.05) is 13.7 Å². The van der Waals surface area contributed by atoms with Gasteiger partial charge in [0.1, 0.15) is 17.9 Å². The Morgan fingerprint density at radius 1 is 1.19 bits per heavy atom. The normalized spacial score (nSPS) is 18.1.